The standard InChI is InChI=1S/C14H23NO4/c1-3-18-14(17)13(15-8-16)11-6-9(2)19-12(7-11)10-4-5-10/h8-13H,3-7H2,1-2H3,(H,15,16). The molecule has 4 unspecified atom stereocenters. The average molecular weight is 269 g/mol. The van der Waals surface area contributed by atoms with Crippen molar-refractivity contribution in [1.82, 2.24) is 5.32 Å². The Morgan fingerprint density at radius 1 is 1.47 bits per heavy atom. The molecule has 2 rings (SSSR count). The van der Waals surface area contributed by atoms with Crippen molar-refractivity contribution in [3.05, 3.63) is 0 Å². The lowest BCUT2D eigenvalue weighted by molar-refractivity contribution is -0.151. The van der Waals surface area contributed by atoms with Crippen molar-refractivity contribution < 1.29 is 19.1 Å². The summed E-state index contributed by atoms with van der Waals surface area (Å²) in [5.41, 5.74) is 0. The Kier molecular flexibility index (Phi) is 4.80. The highest BCUT2D eigenvalue weighted by molar-refractivity contribution is 5.78. The van der Waals surface area contributed by atoms with E-state index in [1.807, 2.05) is 6.92 Å². The van der Waals surface area contributed by atoms with Crippen LogP contribution in [0.4, 0.5) is 0 Å². The third-order valence-corrected chi connectivity index (χ3v) is 3.98. The van der Waals surface area contributed by atoms with Gasteiger partial charge in [-0.1, -0.05) is 0 Å². The largest absolute Gasteiger partial charge is 0.464 e. The van der Waals surface area contributed by atoms with Crippen molar-refractivity contribution >= 4 is 12.4 Å². The van der Waals surface area contributed by atoms with Crippen LogP contribution in [0.3, 0.4) is 0 Å². The van der Waals surface area contributed by atoms with Crippen molar-refractivity contribution in [2.45, 2.75) is 57.8 Å². The first-order valence-corrected chi connectivity index (χ1v) is 7.17. The van der Waals surface area contributed by atoms with Crippen molar-refractivity contribution in [3.8, 4) is 0 Å². The van der Waals surface area contributed by atoms with E-state index < -0.39 is 6.04 Å². The number of ether oxygens (including phenoxy) is 2. The summed E-state index contributed by atoms with van der Waals surface area (Å²) in [6.07, 6.45) is 5.01. The lowest BCUT2D eigenvalue weighted by atomic mass is 9.84. The van der Waals surface area contributed by atoms with Crippen molar-refractivity contribution in [3.63, 3.8) is 0 Å². The van der Waals surface area contributed by atoms with Gasteiger partial charge in [-0.2, -0.15) is 0 Å². The maximum absolute atomic E-state index is 11.9. The summed E-state index contributed by atoms with van der Waals surface area (Å²) in [5, 5.41) is 2.63. The highest BCUT2D eigenvalue weighted by Crippen LogP contribution is 2.41. The van der Waals surface area contributed by atoms with E-state index in [0.717, 1.165) is 12.8 Å². The van der Waals surface area contributed by atoms with Gasteiger partial charge in [-0.15, -0.1) is 0 Å². The van der Waals surface area contributed by atoms with Gasteiger partial charge in [0.1, 0.15) is 6.04 Å². The normalized spacial score (nSPS) is 32.4. The first kappa shape index (κ1) is 14.3. The molecule has 1 saturated carbocycles. The number of hydrogen-bond donors (Lipinski definition) is 1. The van der Waals surface area contributed by atoms with Crippen LogP contribution in [0.15, 0.2) is 0 Å². The zero-order valence-electron chi connectivity index (χ0n) is 11.6. The van der Waals surface area contributed by atoms with Crippen LogP contribution in [0.1, 0.15) is 39.5 Å². The number of carbonyl (C=O) groups is 2. The molecular formula is C14H23NO4. The van der Waals surface area contributed by atoms with E-state index in [-0.39, 0.29) is 24.1 Å². The van der Waals surface area contributed by atoms with Gasteiger partial charge in [0.25, 0.3) is 0 Å². The van der Waals surface area contributed by atoms with Crippen molar-refractivity contribution in [2.24, 2.45) is 11.8 Å². The molecule has 108 valence electrons. The molecule has 0 spiro atoms. The van der Waals surface area contributed by atoms with E-state index in [0.29, 0.717) is 18.9 Å². The third kappa shape index (κ3) is 3.69. The Morgan fingerprint density at radius 3 is 2.79 bits per heavy atom. The van der Waals surface area contributed by atoms with E-state index in [9.17, 15) is 9.59 Å². The zero-order valence-corrected chi connectivity index (χ0v) is 11.6. The van der Waals surface area contributed by atoms with Crippen LogP contribution >= 0.6 is 0 Å². The number of nitrogens with one attached hydrogen (secondary N) is 1. The lowest BCUT2D eigenvalue weighted by Crippen LogP contribution is -2.48. The van der Waals surface area contributed by atoms with Crippen LogP contribution in [0.2, 0.25) is 0 Å². The summed E-state index contributed by atoms with van der Waals surface area (Å²) in [7, 11) is 0. The highest BCUT2D eigenvalue weighted by Gasteiger charge is 2.42. The number of hydrogen-bond acceptors (Lipinski definition) is 4. The van der Waals surface area contributed by atoms with Gasteiger partial charge in [-0.25, -0.2) is 4.79 Å². The minimum atomic E-state index is -0.537. The van der Waals surface area contributed by atoms with Gasteiger partial charge >= 0.3 is 5.97 Å². The van der Waals surface area contributed by atoms with Crippen LogP contribution in [-0.2, 0) is 19.1 Å². The second-order valence-corrected chi connectivity index (χ2v) is 5.57. The Balaban J connectivity index is 2.01. The predicted octanol–water partition coefficient (Wildman–Crippen LogP) is 1.26. The van der Waals surface area contributed by atoms with Gasteiger partial charge < -0.3 is 14.8 Å². The van der Waals surface area contributed by atoms with Gasteiger partial charge in [-0.3, -0.25) is 4.79 Å². The van der Waals surface area contributed by atoms with Crippen LogP contribution in [0, 0.1) is 11.8 Å². The van der Waals surface area contributed by atoms with E-state index in [1.165, 1.54) is 12.8 Å². The van der Waals surface area contributed by atoms with Crippen LogP contribution in [-0.4, -0.2) is 37.2 Å². The fourth-order valence-electron chi connectivity index (χ4n) is 2.98. The second kappa shape index (κ2) is 6.37. The zero-order chi connectivity index (χ0) is 13.8. The van der Waals surface area contributed by atoms with E-state index in [4.69, 9.17) is 9.47 Å². The number of amides is 1. The van der Waals surface area contributed by atoms with E-state index in [1.54, 1.807) is 6.92 Å². The quantitative estimate of drug-likeness (QED) is 0.582. The van der Waals surface area contributed by atoms with Crippen LogP contribution in [0.25, 0.3) is 0 Å². The molecule has 4 atom stereocenters. The smallest absolute Gasteiger partial charge is 0.328 e. The molecule has 0 aromatic carbocycles. The summed E-state index contributed by atoms with van der Waals surface area (Å²) < 4.78 is 11.0. The molecule has 1 aliphatic carbocycles. The first-order valence-electron chi connectivity index (χ1n) is 7.17. The van der Waals surface area contributed by atoms with Crippen molar-refractivity contribution in [1.29, 1.82) is 0 Å². The van der Waals surface area contributed by atoms with Gasteiger partial charge in [0.05, 0.1) is 18.8 Å². The number of esters is 1. The number of carbonyl (C=O) groups excluding carboxylic acids is 2. The van der Waals surface area contributed by atoms with Gasteiger partial charge in [0, 0.05) is 0 Å². The summed E-state index contributed by atoms with van der Waals surface area (Å²) >= 11 is 0. The SMILES string of the molecule is CCOC(=O)C(NC=O)C1CC(C)OC(C2CC2)C1. The molecule has 2 fully saturated rings. The summed E-state index contributed by atoms with van der Waals surface area (Å²) in [4.78, 5) is 22.7. The Hall–Kier alpha value is -1.10. The van der Waals surface area contributed by atoms with Crippen molar-refractivity contribution in [2.75, 3.05) is 6.61 Å². The monoisotopic (exact) mass is 269 g/mol. The number of rotatable bonds is 6. The van der Waals surface area contributed by atoms with E-state index in [2.05, 4.69) is 5.32 Å². The summed E-state index contributed by atoms with van der Waals surface area (Å²) in [6.45, 7) is 4.14. The first-order chi connectivity index (χ1) is 9.15. The average Bonchev–Trinajstić information content (AvgIpc) is 3.19. The van der Waals surface area contributed by atoms with Gasteiger partial charge in [0.15, 0.2) is 0 Å². The molecule has 1 N–H and O–H groups in total. The third-order valence-electron chi connectivity index (χ3n) is 3.98. The Labute approximate surface area is 114 Å². The van der Waals surface area contributed by atoms with Gasteiger partial charge in [-0.05, 0) is 51.4 Å². The topological polar surface area (TPSA) is 64.6 Å². The molecule has 1 aliphatic heterocycles. The molecule has 5 nitrogen and oxygen atoms in total. The lowest BCUT2D eigenvalue weighted by Gasteiger charge is -2.37. The van der Waals surface area contributed by atoms with Crippen LogP contribution in [0.5, 0.6) is 0 Å². The molecule has 2 aliphatic rings. The molecule has 5 heteroatoms. The fraction of sp³-hybridized carbons (Fsp3) is 0.857. The molecule has 0 radical (unpaired) electrons. The molecule has 0 bridgehead atoms. The molecule has 0 aromatic rings. The molecule has 19 heavy (non-hydrogen) atoms. The summed E-state index contributed by atoms with van der Waals surface area (Å²) in [6, 6.07) is -0.537. The Morgan fingerprint density at radius 2 is 2.21 bits per heavy atom. The van der Waals surface area contributed by atoms with Gasteiger partial charge in [0.2, 0.25) is 6.41 Å². The predicted molar refractivity (Wildman–Crippen MR) is 69.4 cm³/mol. The molecular weight excluding hydrogens is 246 g/mol. The minimum absolute atomic E-state index is 0.110. The molecule has 0 aromatic heterocycles. The molecule has 1 saturated heterocycles. The minimum Gasteiger partial charge on any atom is -0.464 e. The summed E-state index contributed by atoms with van der Waals surface area (Å²) in [5.74, 6) is 0.422. The maximum Gasteiger partial charge on any atom is 0.328 e. The fourth-order valence-corrected chi connectivity index (χ4v) is 2.98. The molecule has 1 amide bonds. The molecule has 1 heterocycles. The van der Waals surface area contributed by atoms with Crippen LogP contribution < -0.4 is 5.32 Å². The Bertz CT molecular complexity index is 329. The second-order valence-electron chi connectivity index (χ2n) is 5.57. The maximum atomic E-state index is 11.9. The van der Waals surface area contributed by atoms with E-state index >= 15 is 0 Å². The highest BCUT2D eigenvalue weighted by atomic mass is 16.5.